The zero-order valence-corrected chi connectivity index (χ0v) is 35.3. The van der Waals surface area contributed by atoms with Gasteiger partial charge in [0.2, 0.25) is 0 Å². The fourth-order valence-corrected chi connectivity index (χ4v) is 11.0. The van der Waals surface area contributed by atoms with Crippen molar-refractivity contribution in [1.29, 1.82) is 0 Å². The van der Waals surface area contributed by atoms with Crippen LogP contribution in [0.25, 0.3) is 64.4 Å². The van der Waals surface area contributed by atoms with Gasteiger partial charge in [0.15, 0.2) is 0 Å². The average Bonchev–Trinajstić information content (AvgIpc) is 3.92. The van der Waals surface area contributed by atoms with E-state index in [1.54, 1.807) is 0 Å². The van der Waals surface area contributed by atoms with E-state index < -0.39 is 0 Å². The Morgan fingerprint density at radius 3 is 2.15 bits per heavy atom. The molecule has 11 rings (SSSR count). The second-order valence-electron chi connectivity index (χ2n) is 16.7. The van der Waals surface area contributed by atoms with Crippen LogP contribution in [-0.4, -0.2) is 5.71 Å². The molecule has 2 aliphatic rings. The molecule has 2 unspecified atom stereocenters. The van der Waals surface area contributed by atoms with Gasteiger partial charge in [0.05, 0.1) is 6.04 Å². The molecule has 3 heterocycles. The Morgan fingerprint density at radius 2 is 1.33 bits per heavy atom. The summed E-state index contributed by atoms with van der Waals surface area (Å²) in [6.45, 7) is 2.31. The van der Waals surface area contributed by atoms with Gasteiger partial charge >= 0.3 is 0 Å². The summed E-state index contributed by atoms with van der Waals surface area (Å²) in [4.78, 5) is 5.83. The van der Waals surface area contributed by atoms with Gasteiger partial charge in [-0.25, -0.2) is 0 Å². The van der Waals surface area contributed by atoms with Crippen LogP contribution in [0.15, 0.2) is 197 Å². The molecule has 0 saturated carbocycles. The predicted molar refractivity (Wildman–Crippen MR) is 261 cm³/mol. The van der Waals surface area contributed by atoms with Gasteiger partial charge in [0.1, 0.15) is 11.2 Å². The molecule has 2 nitrogen and oxygen atoms in total. The second kappa shape index (κ2) is 16.1. The van der Waals surface area contributed by atoms with Crippen LogP contribution in [-0.2, 0) is 0 Å². The van der Waals surface area contributed by atoms with Crippen molar-refractivity contribution in [3.8, 4) is 11.1 Å². The maximum Gasteiger partial charge on any atom is 0.136 e. The number of hydrogen-bond acceptors (Lipinski definition) is 3. The molecule has 1 aliphatic heterocycles. The molecule has 61 heavy (non-hydrogen) atoms. The molecule has 0 spiro atoms. The van der Waals surface area contributed by atoms with Crippen LogP contribution in [0.5, 0.6) is 0 Å². The molecule has 0 amide bonds. The first-order valence-electron chi connectivity index (χ1n) is 21.9. The normalized spacial score (nSPS) is 19.4. The smallest absolute Gasteiger partial charge is 0.136 e. The van der Waals surface area contributed by atoms with Crippen LogP contribution >= 0.6 is 11.3 Å². The number of allylic oxidation sites excluding steroid dienone is 6. The van der Waals surface area contributed by atoms with Crippen LogP contribution in [0, 0.1) is 0 Å². The predicted octanol–water partition coefficient (Wildman–Crippen LogP) is 16.7. The Labute approximate surface area is 361 Å². The number of furan rings is 1. The van der Waals surface area contributed by atoms with E-state index in [1.165, 1.54) is 81.2 Å². The third kappa shape index (κ3) is 7.17. The highest BCUT2D eigenvalue weighted by Crippen LogP contribution is 2.44. The summed E-state index contributed by atoms with van der Waals surface area (Å²) in [6.07, 6.45) is 13.0. The summed E-state index contributed by atoms with van der Waals surface area (Å²) < 4.78 is 9.45. The number of aliphatic imine (C=N–C) groups is 1. The minimum Gasteiger partial charge on any atom is -0.456 e. The maximum atomic E-state index is 6.75. The molecule has 0 radical (unpaired) electrons. The highest BCUT2D eigenvalue weighted by molar-refractivity contribution is 7.25. The van der Waals surface area contributed by atoms with Crippen LogP contribution < -0.4 is 0 Å². The molecule has 0 fully saturated rings. The van der Waals surface area contributed by atoms with Crippen molar-refractivity contribution in [2.24, 2.45) is 4.99 Å². The number of fused-ring (bicyclic) bond motifs is 6. The van der Waals surface area contributed by atoms with Crippen molar-refractivity contribution in [2.45, 2.75) is 57.4 Å². The Hall–Kier alpha value is -6.55. The third-order valence-electron chi connectivity index (χ3n) is 13.0. The number of rotatable bonds is 7. The number of hydrogen-bond donors (Lipinski definition) is 0. The maximum absolute atomic E-state index is 6.75. The van der Waals surface area contributed by atoms with Crippen molar-refractivity contribution in [3.63, 3.8) is 0 Å². The minimum absolute atomic E-state index is 0.0345. The van der Waals surface area contributed by atoms with E-state index >= 15 is 0 Å². The Balaban J connectivity index is 1.04. The van der Waals surface area contributed by atoms with Crippen LogP contribution in [0.1, 0.15) is 85.2 Å². The van der Waals surface area contributed by atoms with Crippen molar-refractivity contribution < 1.29 is 4.42 Å². The van der Waals surface area contributed by atoms with Gasteiger partial charge in [-0.15, -0.1) is 11.3 Å². The first-order chi connectivity index (χ1) is 30.2. The van der Waals surface area contributed by atoms with E-state index in [0.29, 0.717) is 0 Å². The van der Waals surface area contributed by atoms with E-state index in [9.17, 15) is 0 Å². The van der Waals surface area contributed by atoms with Crippen molar-refractivity contribution in [3.05, 3.63) is 215 Å². The molecule has 0 N–H and O–H groups in total. The molecule has 3 heteroatoms. The topological polar surface area (TPSA) is 25.5 Å². The lowest BCUT2D eigenvalue weighted by molar-refractivity contribution is 0.620. The largest absolute Gasteiger partial charge is 0.456 e. The lowest BCUT2D eigenvalue weighted by Crippen LogP contribution is -2.07. The second-order valence-corrected chi connectivity index (χ2v) is 17.7. The monoisotopic (exact) mass is 805 g/mol. The molecule has 1 aliphatic carbocycles. The standard InChI is InChI=1S/C58H47NOS/c1-2-38-35-53(42-29-27-40(28-30-42)39-15-5-3-6-16-39)59-52(24-14-23-47(38)41-17-7-4-8-18-41)46-34-51(58-50-22-9-11-25-54(50)60-55(58)36-46)45-20-13-19-43(33-45)44-31-32-49-48-21-10-12-26-56(48)61-57(49)37-44/h3-13,15-18,20-22,25-34,36-37,43,52H,2,14,19,23-24,35H2,1H3/b47-38-,59-53+. The fourth-order valence-electron chi connectivity index (χ4n) is 9.85. The Morgan fingerprint density at radius 1 is 0.623 bits per heavy atom. The van der Waals surface area contributed by atoms with Gasteiger partial charge in [-0.05, 0) is 113 Å². The van der Waals surface area contributed by atoms with Gasteiger partial charge in [-0.2, -0.15) is 0 Å². The van der Waals surface area contributed by atoms with Crippen molar-refractivity contribution in [1.82, 2.24) is 0 Å². The average molecular weight is 806 g/mol. The van der Waals surface area contributed by atoms with Crippen LogP contribution in [0.3, 0.4) is 0 Å². The quantitative estimate of drug-likeness (QED) is 0.158. The fraction of sp³-hybridized carbons (Fsp3) is 0.155. The summed E-state index contributed by atoms with van der Waals surface area (Å²) in [5.74, 6) is 0.273. The highest BCUT2D eigenvalue weighted by atomic mass is 32.1. The van der Waals surface area contributed by atoms with E-state index in [4.69, 9.17) is 9.41 Å². The summed E-state index contributed by atoms with van der Waals surface area (Å²) in [6, 6.07) is 59.9. The van der Waals surface area contributed by atoms with Crippen molar-refractivity contribution >= 4 is 70.3 Å². The first kappa shape index (κ1) is 37.4. The van der Waals surface area contributed by atoms with E-state index in [0.717, 1.165) is 60.8 Å². The summed E-state index contributed by atoms with van der Waals surface area (Å²) in [5, 5.41) is 5.03. The van der Waals surface area contributed by atoms with E-state index in [2.05, 4.69) is 189 Å². The van der Waals surface area contributed by atoms with Crippen molar-refractivity contribution in [2.75, 3.05) is 0 Å². The lowest BCUT2D eigenvalue weighted by Gasteiger charge is -2.20. The highest BCUT2D eigenvalue weighted by Gasteiger charge is 2.24. The molecule has 296 valence electrons. The number of para-hydroxylation sites is 1. The lowest BCUT2D eigenvalue weighted by atomic mass is 9.85. The molecule has 2 aromatic heterocycles. The number of nitrogens with zero attached hydrogens (tertiary/aromatic N) is 1. The third-order valence-corrected chi connectivity index (χ3v) is 14.1. The summed E-state index contributed by atoms with van der Waals surface area (Å²) in [7, 11) is 0. The van der Waals surface area contributed by atoms with Gasteiger partial charge in [0.25, 0.3) is 0 Å². The summed E-state index contributed by atoms with van der Waals surface area (Å²) in [5.41, 5.74) is 16.0. The SMILES string of the molecule is CC/C1=C(/c2ccccc2)CCCC(c2cc(C3=CC(c4ccc5c(c4)sc4ccccc45)CC=C3)c3c(c2)oc2ccccc23)/N=C(/c2ccc(-c3ccccc3)cc2)C1. The van der Waals surface area contributed by atoms with Gasteiger partial charge < -0.3 is 4.42 Å². The molecule has 2 atom stereocenters. The zero-order valence-electron chi connectivity index (χ0n) is 34.5. The molecule has 0 bridgehead atoms. The van der Waals surface area contributed by atoms with Crippen LogP contribution in [0.2, 0.25) is 0 Å². The van der Waals surface area contributed by atoms with Gasteiger partial charge in [-0.3, -0.25) is 4.99 Å². The minimum atomic E-state index is -0.0345. The Bertz CT molecular complexity index is 3190. The molecule has 0 saturated heterocycles. The van der Waals surface area contributed by atoms with E-state index in [-0.39, 0.29) is 12.0 Å². The van der Waals surface area contributed by atoms with E-state index in [1.807, 2.05) is 11.3 Å². The molecular weight excluding hydrogens is 759 g/mol. The summed E-state index contributed by atoms with van der Waals surface area (Å²) >= 11 is 1.90. The first-order valence-corrected chi connectivity index (χ1v) is 22.7. The number of benzene rings is 7. The van der Waals surface area contributed by atoms with Crippen LogP contribution in [0.4, 0.5) is 0 Å². The molecule has 9 aromatic rings. The van der Waals surface area contributed by atoms with Gasteiger partial charge in [-0.1, -0.05) is 164 Å². The molecular formula is C58H47NOS. The Kier molecular flexibility index (Phi) is 9.91. The van der Waals surface area contributed by atoms with Gasteiger partial charge in [0, 0.05) is 49.0 Å². The molecule has 7 aromatic carbocycles. The zero-order chi connectivity index (χ0) is 40.7. The number of thiophene rings is 1.